The van der Waals surface area contributed by atoms with Gasteiger partial charge in [-0.3, -0.25) is 0 Å². The van der Waals surface area contributed by atoms with Crippen LogP contribution in [0.1, 0.15) is 5.56 Å². The molecule has 0 aliphatic heterocycles. The van der Waals surface area contributed by atoms with Crippen molar-refractivity contribution in [3.8, 4) is 0 Å². The van der Waals surface area contributed by atoms with Crippen LogP contribution in [0.15, 0.2) is 24.5 Å². The van der Waals surface area contributed by atoms with Crippen molar-refractivity contribution in [2.45, 2.75) is 25.7 Å². The maximum Gasteiger partial charge on any atom is 0.0931 e. The quantitative estimate of drug-likeness (QED) is 0.749. The largest absolute Gasteiger partial charge is 0.345 e. The number of fused-ring (bicyclic) bond motifs is 1. The van der Waals surface area contributed by atoms with E-state index >= 15 is 0 Å². The van der Waals surface area contributed by atoms with Gasteiger partial charge < -0.3 is 4.98 Å². The van der Waals surface area contributed by atoms with Gasteiger partial charge in [-0.1, -0.05) is 31.8 Å². The molecular formula is C11H16N2Si. The predicted molar refractivity (Wildman–Crippen MR) is 63.1 cm³/mol. The fourth-order valence-electron chi connectivity index (χ4n) is 1.74. The second-order valence-corrected chi connectivity index (χ2v) is 10.4. The third-order valence-corrected chi connectivity index (χ3v) is 3.70. The molecule has 3 heteroatoms. The minimum Gasteiger partial charge on any atom is -0.345 e. The van der Waals surface area contributed by atoms with E-state index in [1.807, 2.05) is 0 Å². The fourth-order valence-corrected chi connectivity index (χ4v) is 3.17. The van der Waals surface area contributed by atoms with E-state index < -0.39 is 8.07 Å². The van der Waals surface area contributed by atoms with E-state index in [9.17, 15) is 0 Å². The number of benzene rings is 1. The van der Waals surface area contributed by atoms with Gasteiger partial charge in [0, 0.05) is 8.07 Å². The summed E-state index contributed by atoms with van der Waals surface area (Å²) < 4.78 is 0. The van der Waals surface area contributed by atoms with Crippen molar-refractivity contribution in [1.29, 1.82) is 0 Å². The smallest absolute Gasteiger partial charge is 0.0931 e. The molecular weight excluding hydrogens is 188 g/mol. The Balaban J connectivity index is 2.46. The summed E-state index contributed by atoms with van der Waals surface area (Å²) in [6.07, 6.45) is 1.78. The molecule has 2 nitrogen and oxygen atoms in total. The molecule has 0 saturated carbocycles. The molecule has 0 unspecified atom stereocenters. The zero-order valence-electron chi connectivity index (χ0n) is 8.96. The molecule has 14 heavy (non-hydrogen) atoms. The second-order valence-electron chi connectivity index (χ2n) is 4.95. The number of nitrogens with zero attached hydrogens (tertiary/aromatic N) is 1. The number of aromatic amines is 1. The number of imidazole rings is 1. The van der Waals surface area contributed by atoms with Crippen molar-refractivity contribution in [2.24, 2.45) is 0 Å². The van der Waals surface area contributed by atoms with Gasteiger partial charge >= 0.3 is 0 Å². The lowest BCUT2D eigenvalue weighted by Gasteiger charge is -2.15. The average molecular weight is 204 g/mol. The highest BCUT2D eigenvalue weighted by Crippen LogP contribution is 2.19. The maximum absolute atomic E-state index is 4.37. The number of para-hydroxylation sites is 1. The molecule has 0 radical (unpaired) electrons. The van der Waals surface area contributed by atoms with Gasteiger partial charge in [-0.25, -0.2) is 4.98 Å². The molecule has 0 fully saturated rings. The van der Waals surface area contributed by atoms with E-state index in [2.05, 4.69) is 47.8 Å². The van der Waals surface area contributed by atoms with Crippen molar-refractivity contribution in [2.75, 3.05) is 0 Å². The standard InChI is InChI=1S/C11H16N2Si/c1-14(2,3)7-9-5-4-6-10-11(9)13-8-12-10/h4-6,8H,7H2,1-3H3,(H,12,13). The fraction of sp³-hybridized carbons (Fsp3) is 0.364. The first kappa shape index (κ1) is 9.46. The molecule has 0 aliphatic rings. The van der Waals surface area contributed by atoms with Crippen molar-refractivity contribution < 1.29 is 0 Å². The zero-order chi connectivity index (χ0) is 10.2. The molecule has 0 atom stereocenters. The van der Waals surface area contributed by atoms with Crippen LogP contribution in [-0.2, 0) is 6.04 Å². The van der Waals surface area contributed by atoms with Crippen molar-refractivity contribution >= 4 is 19.1 Å². The summed E-state index contributed by atoms with van der Waals surface area (Å²) in [6, 6.07) is 7.59. The summed E-state index contributed by atoms with van der Waals surface area (Å²) in [7, 11) is -1.04. The Labute approximate surface area is 85.4 Å². The van der Waals surface area contributed by atoms with Gasteiger partial charge in [-0.05, 0) is 17.7 Å². The van der Waals surface area contributed by atoms with E-state index in [1.54, 1.807) is 6.33 Å². The number of hydrogen-bond acceptors (Lipinski definition) is 1. The number of nitrogens with one attached hydrogen (secondary N) is 1. The monoisotopic (exact) mass is 204 g/mol. The zero-order valence-corrected chi connectivity index (χ0v) is 9.96. The summed E-state index contributed by atoms with van der Waals surface area (Å²) in [4.78, 5) is 7.52. The predicted octanol–water partition coefficient (Wildman–Crippen LogP) is 2.98. The van der Waals surface area contributed by atoms with Gasteiger partial charge in [0.2, 0.25) is 0 Å². The average Bonchev–Trinajstić information content (AvgIpc) is 2.49. The summed E-state index contributed by atoms with van der Waals surface area (Å²) >= 11 is 0. The molecule has 1 N–H and O–H groups in total. The third kappa shape index (κ3) is 1.87. The Morgan fingerprint density at radius 1 is 1.29 bits per heavy atom. The highest BCUT2D eigenvalue weighted by atomic mass is 28.3. The van der Waals surface area contributed by atoms with Gasteiger partial charge in [0.1, 0.15) is 0 Å². The Hall–Kier alpha value is -1.09. The van der Waals surface area contributed by atoms with E-state index in [4.69, 9.17) is 0 Å². The molecule has 74 valence electrons. The SMILES string of the molecule is C[Si](C)(C)Cc1cccc2[nH]cnc12. The van der Waals surface area contributed by atoms with Crippen LogP contribution in [0.3, 0.4) is 0 Å². The van der Waals surface area contributed by atoms with E-state index in [1.165, 1.54) is 11.6 Å². The summed E-state index contributed by atoms with van der Waals surface area (Å²) in [6.45, 7) is 7.16. The lowest BCUT2D eigenvalue weighted by molar-refractivity contribution is 1.30. The topological polar surface area (TPSA) is 28.7 Å². The number of aromatic nitrogens is 2. The van der Waals surface area contributed by atoms with Crippen LogP contribution in [0.25, 0.3) is 11.0 Å². The van der Waals surface area contributed by atoms with Crippen LogP contribution in [0.5, 0.6) is 0 Å². The Morgan fingerprint density at radius 3 is 2.79 bits per heavy atom. The molecule has 1 aromatic heterocycles. The van der Waals surface area contributed by atoms with Crippen LogP contribution in [-0.4, -0.2) is 18.0 Å². The summed E-state index contributed by atoms with van der Waals surface area (Å²) in [5, 5.41) is 0. The second kappa shape index (κ2) is 3.24. The van der Waals surface area contributed by atoms with Crippen molar-refractivity contribution in [1.82, 2.24) is 9.97 Å². The molecule has 1 aromatic carbocycles. The Bertz CT molecular complexity index is 440. The maximum atomic E-state index is 4.37. The van der Waals surface area contributed by atoms with Gasteiger partial charge in [0.05, 0.1) is 17.4 Å². The third-order valence-electron chi connectivity index (χ3n) is 2.25. The summed E-state index contributed by atoms with van der Waals surface area (Å²) in [5.74, 6) is 0. The lowest BCUT2D eigenvalue weighted by Crippen LogP contribution is -2.23. The summed E-state index contributed by atoms with van der Waals surface area (Å²) in [5.41, 5.74) is 3.69. The van der Waals surface area contributed by atoms with Gasteiger partial charge in [0.15, 0.2) is 0 Å². The van der Waals surface area contributed by atoms with Gasteiger partial charge in [-0.2, -0.15) is 0 Å². The van der Waals surface area contributed by atoms with E-state index in [0.717, 1.165) is 11.0 Å². The van der Waals surface area contributed by atoms with Gasteiger partial charge in [0.25, 0.3) is 0 Å². The highest BCUT2D eigenvalue weighted by Gasteiger charge is 2.15. The first-order chi connectivity index (χ1) is 6.56. The first-order valence-corrected chi connectivity index (χ1v) is 8.68. The van der Waals surface area contributed by atoms with Crippen LogP contribution in [0.2, 0.25) is 19.6 Å². The minimum absolute atomic E-state index is 1.04. The molecule has 0 bridgehead atoms. The van der Waals surface area contributed by atoms with Crippen LogP contribution < -0.4 is 0 Å². The normalized spacial score (nSPS) is 12.2. The van der Waals surface area contributed by atoms with Crippen LogP contribution in [0, 0.1) is 0 Å². The molecule has 1 heterocycles. The van der Waals surface area contributed by atoms with Crippen LogP contribution in [0.4, 0.5) is 0 Å². The Morgan fingerprint density at radius 2 is 2.07 bits per heavy atom. The molecule has 2 aromatic rings. The van der Waals surface area contributed by atoms with Gasteiger partial charge in [-0.15, -0.1) is 0 Å². The number of rotatable bonds is 2. The van der Waals surface area contributed by atoms with E-state index in [0.29, 0.717) is 0 Å². The van der Waals surface area contributed by atoms with Crippen molar-refractivity contribution in [3.63, 3.8) is 0 Å². The minimum atomic E-state index is -1.04. The highest BCUT2D eigenvalue weighted by molar-refractivity contribution is 6.75. The molecule has 2 rings (SSSR count). The molecule has 0 saturated heterocycles. The lowest BCUT2D eigenvalue weighted by atomic mass is 10.2. The molecule has 0 amide bonds. The molecule has 0 spiro atoms. The first-order valence-electron chi connectivity index (χ1n) is 4.97. The molecule has 0 aliphatic carbocycles. The van der Waals surface area contributed by atoms with Crippen LogP contribution >= 0.6 is 0 Å². The number of hydrogen-bond donors (Lipinski definition) is 1. The number of H-pyrrole nitrogens is 1. The van der Waals surface area contributed by atoms with Crippen molar-refractivity contribution in [3.05, 3.63) is 30.1 Å². The van der Waals surface area contributed by atoms with E-state index in [-0.39, 0.29) is 0 Å². The Kier molecular flexibility index (Phi) is 2.19.